The molecule has 0 unspecified atom stereocenters. The Morgan fingerprint density at radius 3 is 2.92 bits per heavy atom. The molecule has 0 heterocycles. The van der Waals surface area contributed by atoms with Crippen molar-refractivity contribution in [3.8, 4) is 0 Å². The molecule has 0 aliphatic rings. The van der Waals surface area contributed by atoms with Crippen LogP contribution in [0.4, 0.5) is 5.69 Å². The highest BCUT2D eigenvalue weighted by molar-refractivity contribution is 7.99. The maximum atomic E-state index is 10.4. The summed E-state index contributed by atoms with van der Waals surface area (Å²) in [6.45, 7) is 2.02. The highest BCUT2D eigenvalue weighted by Crippen LogP contribution is 2.21. The van der Waals surface area contributed by atoms with Crippen LogP contribution < -0.4 is 0 Å². The van der Waals surface area contributed by atoms with Gasteiger partial charge in [-0.2, -0.15) is 0 Å². The first kappa shape index (κ1) is 9.06. The fraction of sp³-hybridized carbons (Fsp3) is 0.250. The van der Waals surface area contributed by atoms with E-state index in [1.54, 1.807) is 23.9 Å². The Balaban J connectivity index is 2.88. The van der Waals surface area contributed by atoms with Crippen molar-refractivity contribution in [3.63, 3.8) is 0 Å². The van der Waals surface area contributed by atoms with E-state index in [1.165, 1.54) is 6.07 Å². The Labute approximate surface area is 74.9 Å². The summed E-state index contributed by atoms with van der Waals surface area (Å²) in [6, 6.07) is 6.67. The van der Waals surface area contributed by atoms with E-state index in [9.17, 15) is 10.1 Å². The number of thioether (sulfide) groups is 1. The molecule has 1 aromatic rings. The second-order valence-corrected chi connectivity index (χ2v) is 3.52. The second kappa shape index (κ2) is 4.11. The van der Waals surface area contributed by atoms with Gasteiger partial charge in [0, 0.05) is 17.0 Å². The molecule has 0 aliphatic carbocycles. The molecule has 0 bridgehead atoms. The van der Waals surface area contributed by atoms with Crippen molar-refractivity contribution < 1.29 is 4.92 Å². The third-order valence-electron chi connectivity index (χ3n) is 1.34. The van der Waals surface area contributed by atoms with Crippen molar-refractivity contribution in [2.75, 3.05) is 5.75 Å². The lowest BCUT2D eigenvalue weighted by Crippen LogP contribution is -1.87. The first-order valence-electron chi connectivity index (χ1n) is 3.61. The molecule has 0 aromatic heterocycles. The average molecular weight is 183 g/mol. The van der Waals surface area contributed by atoms with Crippen molar-refractivity contribution in [3.05, 3.63) is 34.4 Å². The average Bonchev–Trinajstić information content (AvgIpc) is 2.05. The number of nitrogens with zero attached hydrogens (tertiary/aromatic N) is 1. The number of nitro groups is 1. The second-order valence-electron chi connectivity index (χ2n) is 2.19. The highest BCUT2D eigenvalue weighted by atomic mass is 32.2. The molecule has 64 valence electrons. The molecule has 0 aliphatic heterocycles. The van der Waals surface area contributed by atoms with Crippen LogP contribution in [0.2, 0.25) is 0 Å². The molecule has 0 spiro atoms. The van der Waals surface area contributed by atoms with E-state index in [2.05, 4.69) is 0 Å². The molecule has 0 radical (unpaired) electrons. The topological polar surface area (TPSA) is 43.1 Å². The zero-order valence-electron chi connectivity index (χ0n) is 6.69. The van der Waals surface area contributed by atoms with Gasteiger partial charge in [-0.3, -0.25) is 10.1 Å². The molecule has 3 nitrogen and oxygen atoms in total. The van der Waals surface area contributed by atoms with Crippen molar-refractivity contribution in [1.82, 2.24) is 0 Å². The Morgan fingerprint density at radius 1 is 1.58 bits per heavy atom. The molecule has 0 saturated carbocycles. The summed E-state index contributed by atoms with van der Waals surface area (Å²) in [6.07, 6.45) is 0. The standard InChI is InChI=1S/C8H9NO2S/c1-2-12-8-5-3-4-7(6-8)9(10)11/h3-6H,2H2,1H3. The van der Waals surface area contributed by atoms with Crippen LogP contribution in [0.25, 0.3) is 0 Å². The summed E-state index contributed by atoms with van der Waals surface area (Å²) in [5, 5.41) is 10.4. The molecule has 4 heteroatoms. The van der Waals surface area contributed by atoms with Crippen LogP contribution in [-0.4, -0.2) is 10.7 Å². The molecule has 12 heavy (non-hydrogen) atoms. The largest absolute Gasteiger partial charge is 0.270 e. The smallest absolute Gasteiger partial charge is 0.258 e. The van der Waals surface area contributed by atoms with Gasteiger partial charge in [-0.15, -0.1) is 11.8 Å². The summed E-state index contributed by atoms with van der Waals surface area (Å²) in [5.74, 6) is 0.932. The van der Waals surface area contributed by atoms with E-state index in [4.69, 9.17) is 0 Å². The Hall–Kier alpha value is -1.03. The van der Waals surface area contributed by atoms with Crippen LogP contribution in [0.3, 0.4) is 0 Å². The number of non-ortho nitro benzene ring substituents is 1. The minimum atomic E-state index is -0.375. The predicted molar refractivity (Wildman–Crippen MR) is 49.5 cm³/mol. The molecular formula is C8H9NO2S. The number of nitro benzene ring substituents is 1. The number of hydrogen-bond donors (Lipinski definition) is 0. The van der Waals surface area contributed by atoms with E-state index in [0.717, 1.165) is 10.6 Å². The van der Waals surface area contributed by atoms with E-state index in [-0.39, 0.29) is 10.6 Å². The molecule has 1 aromatic carbocycles. The summed E-state index contributed by atoms with van der Waals surface area (Å²) < 4.78 is 0. The zero-order chi connectivity index (χ0) is 8.97. The quantitative estimate of drug-likeness (QED) is 0.411. The lowest BCUT2D eigenvalue weighted by atomic mass is 10.3. The van der Waals surface area contributed by atoms with Crippen molar-refractivity contribution in [2.24, 2.45) is 0 Å². The summed E-state index contributed by atoms with van der Waals surface area (Å²) in [7, 11) is 0. The predicted octanol–water partition coefficient (Wildman–Crippen LogP) is 2.71. The molecular weight excluding hydrogens is 174 g/mol. The molecule has 0 saturated heterocycles. The van der Waals surface area contributed by atoms with Gasteiger partial charge in [0.1, 0.15) is 0 Å². The first-order valence-corrected chi connectivity index (χ1v) is 4.60. The molecule has 1 rings (SSSR count). The fourth-order valence-electron chi connectivity index (χ4n) is 0.854. The minimum Gasteiger partial charge on any atom is -0.258 e. The zero-order valence-corrected chi connectivity index (χ0v) is 7.50. The SMILES string of the molecule is CCSc1cccc([N+](=O)[O-])c1. The van der Waals surface area contributed by atoms with Crippen LogP contribution in [-0.2, 0) is 0 Å². The van der Waals surface area contributed by atoms with Gasteiger partial charge in [0.2, 0.25) is 0 Å². The maximum Gasteiger partial charge on any atom is 0.270 e. The summed E-state index contributed by atoms with van der Waals surface area (Å²) >= 11 is 1.60. The maximum absolute atomic E-state index is 10.4. The molecule has 0 atom stereocenters. The first-order chi connectivity index (χ1) is 5.74. The number of hydrogen-bond acceptors (Lipinski definition) is 3. The normalized spacial score (nSPS) is 9.75. The highest BCUT2D eigenvalue weighted by Gasteiger charge is 2.04. The van der Waals surface area contributed by atoms with E-state index in [0.29, 0.717) is 0 Å². The number of rotatable bonds is 3. The number of benzene rings is 1. The van der Waals surface area contributed by atoms with Gasteiger partial charge in [0.25, 0.3) is 5.69 Å². The lowest BCUT2D eigenvalue weighted by molar-refractivity contribution is -0.385. The van der Waals surface area contributed by atoms with Crippen LogP contribution in [0.5, 0.6) is 0 Å². The van der Waals surface area contributed by atoms with Gasteiger partial charge in [0.15, 0.2) is 0 Å². The Morgan fingerprint density at radius 2 is 2.33 bits per heavy atom. The Kier molecular flexibility index (Phi) is 3.10. The monoisotopic (exact) mass is 183 g/mol. The van der Waals surface area contributed by atoms with Gasteiger partial charge in [0.05, 0.1) is 4.92 Å². The van der Waals surface area contributed by atoms with E-state index in [1.807, 2.05) is 13.0 Å². The molecule has 0 amide bonds. The van der Waals surface area contributed by atoms with Gasteiger partial charge >= 0.3 is 0 Å². The van der Waals surface area contributed by atoms with Crippen LogP contribution >= 0.6 is 11.8 Å². The summed E-state index contributed by atoms with van der Waals surface area (Å²) in [5.41, 5.74) is 0.161. The van der Waals surface area contributed by atoms with Crippen molar-refractivity contribution in [1.29, 1.82) is 0 Å². The summed E-state index contributed by atoms with van der Waals surface area (Å²) in [4.78, 5) is 10.9. The van der Waals surface area contributed by atoms with Gasteiger partial charge in [-0.05, 0) is 11.8 Å². The fourth-order valence-corrected chi connectivity index (χ4v) is 1.57. The molecule has 0 fully saturated rings. The third-order valence-corrected chi connectivity index (χ3v) is 2.22. The van der Waals surface area contributed by atoms with Gasteiger partial charge < -0.3 is 0 Å². The van der Waals surface area contributed by atoms with Crippen LogP contribution in [0.15, 0.2) is 29.2 Å². The molecule has 0 N–H and O–H groups in total. The van der Waals surface area contributed by atoms with Crippen molar-refractivity contribution >= 4 is 17.4 Å². The third kappa shape index (κ3) is 2.23. The van der Waals surface area contributed by atoms with Gasteiger partial charge in [-0.25, -0.2) is 0 Å². The van der Waals surface area contributed by atoms with Gasteiger partial charge in [-0.1, -0.05) is 13.0 Å². The minimum absolute atomic E-state index is 0.161. The van der Waals surface area contributed by atoms with E-state index >= 15 is 0 Å². The van der Waals surface area contributed by atoms with Crippen LogP contribution in [0.1, 0.15) is 6.92 Å². The Bertz CT molecular complexity index is 288. The van der Waals surface area contributed by atoms with E-state index < -0.39 is 0 Å². The van der Waals surface area contributed by atoms with Crippen molar-refractivity contribution in [2.45, 2.75) is 11.8 Å². The van der Waals surface area contributed by atoms with Crippen LogP contribution in [0, 0.1) is 10.1 Å². The lowest BCUT2D eigenvalue weighted by Gasteiger charge is -1.96.